The minimum Gasteiger partial charge on any atom is -0.361 e. The van der Waals surface area contributed by atoms with Gasteiger partial charge in [-0.3, -0.25) is 4.79 Å². The monoisotopic (exact) mass is 434 g/mol. The Hall–Kier alpha value is -2.59. The molecule has 2 atom stereocenters. The lowest BCUT2D eigenvalue weighted by molar-refractivity contribution is 0.0849. The molecule has 1 saturated heterocycles. The number of para-hydroxylation sites is 1. The van der Waals surface area contributed by atoms with Crippen LogP contribution in [0.3, 0.4) is 0 Å². The minimum absolute atomic E-state index is 0.0611. The van der Waals surface area contributed by atoms with E-state index in [0.717, 1.165) is 28.5 Å². The summed E-state index contributed by atoms with van der Waals surface area (Å²) in [6, 6.07) is 23.0. The maximum Gasteiger partial charge on any atom is 0.189 e. The van der Waals surface area contributed by atoms with Crippen molar-refractivity contribution in [3.63, 3.8) is 0 Å². The van der Waals surface area contributed by atoms with E-state index in [1.807, 2.05) is 60.8 Å². The number of aromatic amines is 1. The molecule has 0 radical (unpaired) electrons. The number of fused-ring (bicyclic) bond motifs is 1. The van der Waals surface area contributed by atoms with Crippen molar-refractivity contribution in [2.24, 2.45) is 0 Å². The molecule has 3 nitrogen and oxygen atoms in total. The van der Waals surface area contributed by atoms with Gasteiger partial charge in [0.1, 0.15) is 5.54 Å². The van der Waals surface area contributed by atoms with Gasteiger partial charge < -0.3 is 10.3 Å². The second-order valence-electron chi connectivity index (χ2n) is 7.65. The van der Waals surface area contributed by atoms with Crippen molar-refractivity contribution in [3.05, 3.63) is 106 Å². The van der Waals surface area contributed by atoms with E-state index in [0.29, 0.717) is 22.2 Å². The standard InChI is InChI=1S/C25H20Cl2N2O/c26-21-10-4-1-8-17(21)24(30)25(20-9-3-5-11-22(20)27)19(13-14-29-25)18-15-28-23-12-6-2-7-16(18)23/h1-12,15,19,28-29H,13-14H2. The van der Waals surface area contributed by atoms with Gasteiger partial charge >= 0.3 is 0 Å². The van der Waals surface area contributed by atoms with Crippen molar-refractivity contribution in [1.29, 1.82) is 0 Å². The third kappa shape index (κ3) is 2.89. The molecule has 2 unspecified atom stereocenters. The maximum absolute atomic E-state index is 14.2. The summed E-state index contributed by atoms with van der Waals surface area (Å²) in [5, 5.41) is 5.68. The van der Waals surface area contributed by atoms with Gasteiger partial charge in [-0.2, -0.15) is 0 Å². The Labute approximate surface area is 185 Å². The summed E-state index contributed by atoms with van der Waals surface area (Å²) in [5.74, 6) is -0.161. The molecule has 2 N–H and O–H groups in total. The van der Waals surface area contributed by atoms with E-state index in [1.54, 1.807) is 12.1 Å². The molecule has 1 aliphatic rings. The molecule has 0 saturated carbocycles. The average molecular weight is 435 g/mol. The Morgan fingerprint density at radius 1 is 0.900 bits per heavy atom. The molecule has 2 heterocycles. The second-order valence-corrected chi connectivity index (χ2v) is 8.47. The highest BCUT2D eigenvalue weighted by molar-refractivity contribution is 6.35. The summed E-state index contributed by atoms with van der Waals surface area (Å²) in [6.07, 6.45) is 2.83. The number of Topliss-reactive ketones (excluding diaryl/α,β-unsaturated/α-hetero) is 1. The predicted molar refractivity (Wildman–Crippen MR) is 123 cm³/mol. The molecule has 0 spiro atoms. The smallest absolute Gasteiger partial charge is 0.189 e. The molecular weight excluding hydrogens is 415 g/mol. The number of nitrogens with one attached hydrogen (secondary N) is 2. The number of carbonyl (C=O) groups excluding carboxylic acids is 1. The first-order valence-electron chi connectivity index (χ1n) is 9.98. The van der Waals surface area contributed by atoms with Crippen LogP contribution in [0.2, 0.25) is 10.0 Å². The largest absolute Gasteiger partial charge is 0.361 e. The van der Waals surface area contributed by atoms with Crippen LogP contribution in [0.15, 0.2) is 79.0 Å². The molecule has 1 aromatic heterocycles. The summed E-state index contributed by atoms with van der Waals surface area (Å²) in [7, 11) is 0. The fourth-order valence-corrected chi connectivity index (χ4v) is 5.31. The van der Waals surface area contributed by atoms with Crippen LogP contribution in [0.25, 0.3) is 10.9 Å². The van der Waals surface area contributed by atoms with E-state index in [4.69, 9.17) is 23.2 Å². The first kappa shape index (κ1) is 19.4. The van der Waals surface area contributed by atoms with Crippen molar-refractivity contribution in [2.45, 2.75) is 17.9 Å². The third-order valence-electron chi connectivity index (χ3n) is 6.13. The van der Waals surface area contributed by atoms with Crippen LogP contribution in [-0.4, -0.2) is 17.3 Å². The van der Waals surface area contributed by atoms with Crippen molar-refractivity contribution in [2.75, 3.05) is 6.54 Å². The molecule has 1 fully saturated rings. The minimum atomic E-state index is -1.01. The van der Waals surface area contributed by atoms with Gasteiger partial charge in [0, 0.05) is 33.6 Å². The van der Waals surface area contributed by atoms with Crippen LogP contribution in [0, 0.1) is 0 Å². The number of hydrogen-bond acceptors (Lipinski definition) is 2. The fourth-order valence-electron chi connectivity index (χ4n) is 4.81. The molecule has 0 bridgehead atoms. The van der Waals surface area contributed by atoms with Gasteiger partial charge in [0.15, 0.2) is 5.78 Å². The van der Waals surface area contributed by atoms with Crippen LogP contribution in [0.5, 0.6) is 0 Å². The highest BCUT2D eigenvalue weighted by Gasteiger charge is 2.52. The highest BCUT2D eigenvalue weighted by atomic mass is 35.5. The first-order valence-corrected chi connectivity index (χ1v) is 10.7. The van der Waals surface area contributed by atoms with Crippen molar-refractivity contribution in [3.8, 4) is 0 Å². The van der Waals surface area contributed by atoms with Gasteiger partial charge in [0.2, 0.25) is 0 Å². The lowest BCUT2D eigenvalue weighted by Gasteiger charge is -2.36. The lowest BCUT2D eigenvalue weighted by atomic mass is 9.71. The molecule has 30 heavy (non-hydrogen) atoms. The SMILES string of the molecule is O=C(c1ccccc1Cl)C1(c2ccccc2Cl)NCCC1c1c[nH]c2ccccc12. The Kier molecular flexibility index (Phi) is 4.90. The zero-order chi connectivity index (χ0) is 20.7. The first-order chi connectivity index (χ1) is 14.6. The highest BCUT2D eigenvalue weighted by Crippen LogP contribution is 2.49. The van der Waals surface area contributed by atoms with Gasteiger partial charge in [-0.05, 0) is 48.4 Å². The van der Waals surface area contributed by atoms with Crippen LogP contribution in [0.4, 0.5) is 0 Å². The number of carbonyl (C=O) groups is 1. The van der Waals surface area contributed by atoms with E-state index in [1.165, 1.54) is 0 Å². The molecule has 150 valence electrons. The van der Waals surface area contributed by atoms with Gasteiger partial charge in [0.25, 0.3) is 0 Å². The number of benzene rings is 3. The normalized spacial score (nSPS) is 21.2. The average Bonchev–Trinajstić information content (AvgIpc) is 3.38. The quantitative estimate of drug-likeness (QED) is 0.368. The van der Waals surface area contributed by atoms with Gasteiger partial charge in [-0.25, -0.2) is 0 Å². The third-order valence-corrected chi connectivity index (χ3v) is 6.79. The summed E-state index contributed by atoms with van der Waals surface area (Å²) in [5.41, 5.74) is 2.44. The van der Waals surface area contributed by atoms with E-state index < -0.39 is 5.54 Å². The summed E-state index contributed by atoms with van der Waals surface area (Å²) in [4.78, 5) is 17.5. The van der Waals surface area contributed by atoms with E-state index >= 15 is 0 Å². The Morgan fingerprint density at radius 2 is 1.60 bits per heavy atom. The predicted octanol–water partition coefficient (Wildman–Crippen LogP) is 6.33. The van der Waals surface area contributed by atoms with E-state index in [2.05, 4.69) is 16.4 Å². The number of halogens is 2. The van der Waals surface area contributed by atoms with Gasteiger partial charge in [0.05, 0.1) is 5.02 Å². The van der Waals surface area contributed by atoms with Gasteiger partial charge in [-0.1, -0.05) is 71.7 Å². The number of ketones is 1. The molecule has 5 heteroatoms. The summed E-state index contributed by atoms with van der Waals surface area (Å²) in [6.45, 7) is 0.700. The van der Waals surface area contributed by atoms with Crippen molar-refractivity contribution < 1.29 is 4.79 Å². The van der Waals surface area contributed by atoms with Crippen LogP contribution >= 0.6 is 23.2 Å². The molecule has 1 aliphatic heterocycles. The number of H-pyrrole nitrogens is 1. The van der Waals surface area contributed by atoms with Gasteiger partial charge in [-0.15, -0.1) is 0 Å². The van der Waals surface area contributed by atoms with Crippen LogP contribution in [0.1, 0.15) is 33.8 Å². The molecular formula is C25H20Cl2N2O. The molecule has 5 rings (SSSR count). The Bertz CT molecular complexity index is 1250. The molecule has 0 aliphatic carbocycles. The number of aromatic nitrogens is 1. The Morgan fingerprint density at radius 3 is 2.40 bits per heavy atom. The van der Waals surface area contributed by atoms with Crippen LogP contribution < -0.4 is 5.32 Å². The fraction of sp³-hybridized carbons (Fsp3) is 0.160. The van der Waals surface area contributed by atoms with Crippen LogP contribution in [-0.2, 0) is 5.54 Å². The molecule has 3 aromatic carbocycles. The summed E-state index contributed by atoms with van der Waals surface area (Å²) >= 11 is 13.1. The van der Waals surface area contributed by atoms with E-state index in [9.17, 15) is 4.79 Å². The number of hydrogen-bond donors (Lipinski definition) is 2. The molecule has 0 amide bonds. The zero-order valence-electron chi connectivity index (χ0n) is 16.2. The maximum atomic E-state index is 14.2. The number of rotatable bonds is 4. The molecule has 4 aromatic rings. The lowest BCUT2D eigenvalue weighted by Crippen LogP contribution is -2.48. The Balaban J connectivity index is 1.77. The van der Waals surface area contributed by atoms with E-state index in [-0.39, 0.29) is 11.7 Å². The van der Waals surface area contributed by atoms with Crippen molar-refractivity contribution in [1.82, 2.24) is 10.3 Å². The second kappa shape index (κ2) is 7.59. The zero-order valence-corrected chi connectivity index (χ0v) is 17.7. The van der Waals surface area contributed by atoms with Crippen molar-refractivity contribution >= 4 is 39.9 Å². The topological polar surface area (TPSA) is 44.9 Å². The summed E-state index contributed by atoms with van der Waals surface area (Å²) < 4.78 is 0.